The third-order valence-electron chi connectivity index (χ3n) is 0.824. The van der Waals surface area contributed by atoms with Crippen LogP contribution in [0, 0.1) is 0 Å². The van der Waals surface area contributed by atoms with E-state index in [1.165, 1.54) is 4.90 Å². The minimum Gasteiger partial charge on any atom is -0.393 e. The first-order valence-electron chi connectivity index (χ1n) is 2.52. The highest BCUT2D eigenvalue weighted by molar-refractivity contribution is 7.80. The molecule has 0 aromatic carbocycles. The summed E-state index contributed by atoms with van der Waals surface area (Å²) < 4.78 is 0. The molecule has 0 radical (unpaired) electrons. The fourth-order valence-electron chi connectivity index (χ4n) is 0.307. The Bertz CT molecular complexity index is 133. The van der Waals surface area contributed by atoms with Crippen LogP contribution in [-0.2, 0) is 4.79 Å². The second-order valence-electron chi connectivity index (χ2n) is 1.93. The van der Waals surface area contributed by atoms with E-state index in [9.17, 15) is 4.79 Å². The zero-order chi connectivity index (χ0) is 7.44. The molecule has 0 aliphatic rings. The highest BCUT2D eigenvalue weighted by atomic mass is 32.1. The molecule has 0 heterocycles. The lowest BCUT2D eigenvalue weighted by atomic mass is 10.4. The Morgan fingerprint density at radius 1 is 1.67 bits per heavy atom. The molecule has 0 bridgehead atoms. The van der Waals surface area contributed by atoms with E-state index in [-0.39, 0.29) is 17.3 Å². The van der Waals surface area contributed by atoms with E-state index in [4.69, 9.17) is 5.73 Å². The van der Waals surface area contributed by atoms with Crippen LogP contribution in [0.4, 0.5) is 0 Å². The molecule has 0 spiro atoms. The summed E-state index contributed by atoms with van der Waals surface area (Å²) in [5.74, 6) is -0.0532. The van der Waals surface area contributed by atoms with Crippen LogP contribution in [0.2, 0.25) is 0 Å². The minimum atomic E-state index is -0.0532. The molecule has 0 unspecified atom stereocenters. The summed E-state index contributed by atoms with van der Waals surface area (Å²) in [4.78, 5) is 12.4. The van der Waals surface area contributed by atoms with Crippen molar-refractivity contribution in [3.05, 3.63) is 0 Å². The van der Waals surface area contributed by atoms with Crippen molar-refractivity contribution < 1.29 is 4.79 Å². The molecule has 3 nitrogen and oxygen atoms in total. The van der Waals surface area contributed by atoms with Gasteiger partial charge in [0.25, 0.3) is 0 Å². The van der Waals surface area contributed by atoms with Gasteiger partial charge in [0.05, 0.1) is 11.4 Å². The van der Waals surface area contributed by atoms with E-state index in [0.29, 0.717) is 0 Å². The van der Waals surface area contributed by atoms with Gasteiger partial charge in [-0.2, -0.15) is 0 Å². The lowest BCUT2D eigenvalue weighted by Gasteiger charge is -2.07. The highest BCUT2D eigenvalue weighted by Crippen LogP contribution is 1.85. The first kappa shape index (κ1) is 8.36. The van der Waals surface area contributed by atoms with Gasteiger partial charge in [0.2, 0.25) is 5.91 Å². The SMILES string of the molecule is CN(C)C(=O)CC(N)=S. The molecular formula is C5H10N2OS. The van der Waals surface area contributed by atoms with Crippen LogP contribution >= 0.6 is 12.2 Å². The summed E-state index contributed by atoms with van der Waals surface area (Å²) >= 11 is 4.52. The van der Waals surface area contributed by atoms with Gasteiger partial charge in [-0.25, -0.2) is 0 Å². The molecule has 0 aromatic rings. The van der Waals surface area contributed by atoms with Crippen LogP contribution in [0.1, 0.15) is 6.42 Å². The van der Waals surface area contributed by atoms with Crippen molar-refractivity contribution in [2.24, 2.45) is 5.73 Å². The number of rotatable bonds is 2. The Morgan fingerprint density at radius 2 is 2.11 bits per heavy atom. The fourth-order valence-corrected chi connectivity index (χ4v) is 0.431. The van der Waals surface area contributed by atoms with Crippen molar-refractivity contribution in [1.29, 1.82) is 0 Å². The number of carbonyl (C=O) groups excluding carboxylic acids is 1. The second-order valence-corrected chi connectivity index (χ2v) is 2.46. The molecule has 0 aromatic heterocycles. The largest absolute Gasteiger partial charge is 0.393 e. The summed E-state index contributed by atoms with van der Waals surface area (Å²) in [6, 6.07) is 0. The first-order chi connectivity index (χ1) is 4.04. The van der Waals surface area contributed by atoms with Gasteiger partial charge in [-0.15, -0.1) is 0 Å². The number of nitrogens with zero attached hydrogens (tertiary/aromatic N) is 1. The normalized spacial score (nSPS) is 8.67. The summed E-state index contributed by atoms with van der Waals surface area (Å²) in [7, 11) is 3.33. The molecule has 0 saturated heterocycles. The standard InChI is InChI=1S/C5H10N2OS/c1-7(2)5(8)3-4(6)9/h3H2,1-2H3,(H2,6,9). The van der Waals surface area contributed by atoms with Gasteiger partial charge in [-0.1, -0.05) is 12.2 Å². The van der Waals surface area contributed by atoms with Crippen molar-refractivity contribution >= 4 is 23.1 Å². The van der Waals surface area contributed by atoms with Crippen LogP contribution in [0.3, 0.4) is 0 Å². The predicted molar refractivity (Wildman–Crippen MR) is 40.1 cm³/mol. The molecule has 0 rings (SSSR count). The quantitative estimate of drug-likeness (QED) is 0.546. The summed E-state index contributed by atoms with van der Waals surface area (Å²) in [6.07, 6.45) is 0.169. The van der Waals surface area contributed by atoms with E-state index >= 15 is 0 Å². The number of amides is 1. The monoisotopic (exact) mass is 146 g/mol. The molecule has 9 heavy (non-hydrogen) atoms. The number of hydrogen-bond acceptors (Lipinski definition) is 2. The van der Waals surface area contributed by atoms with Crippen LogP contribution in [0.5, 0.6) is 0 Å². The maximum Gasteiger partial charge on any atom is 0.228 e. The number of carbonyl (C=O) groups is 1. The van der Waals surface area contributed by atoms with Gasteiger partial charge in [0.1, 0.15) is 0 Å². The average molecular weight is 146 g/mol. The Hall–Kier alpha value is -0.640. The average Bonchev–Trinajstić information content (AvgIpc) is 1.63. The second kappa shape index (κ2) is 3.40. The zero-order valence-electron chi connectivity index (χ0n) is 5.55. The van der Waals surface area contributed by atoms with Gasteiger partial charge < -0.3 is 10.6 Å². The number of thiocarbonyl (C=S) groups is 1. The van der Waals surface area contributed by atoms with Crippen LogP contribution < -0.4 is 5.73 Å². The van der Waals surface area contributed by atoms with Crippen LogP contribution in [-0.4, -0.2) is 29.9 Å². The van der Waals surface area contributed by atoms with Gasteiger partial charge >= 0.3 is 0 Å². The third kappa shape index (κ3) is 3.90. The fraction of sp³-hybridized carbons (Fsp3) is 0.600. The Kier molecular flexibility index (Phi) is 3.16. The molecule has 52 valence electrons. The van der Waals surface area contributed by atoms with Gasteiger partial charge in [0, 0.05) is 14.1 Å². The van der Waals surface area contributed by atoms with Crippen molar-refractivity contribution in [2.45, 2.75) is 6.42 Å². The van der Waals surface area contributed by atoms with Gasteiger partial charge in [0.15, 0.2) is 0 Å². The number of hydrogen-bond donors (Lipinski definition) is 1. The van der Waals surface area contributed by atoms with Gasteiger partial charge in [-0.3, -0.25) is 4.79 Å². The van der Waals surface area contributed by atoms with E-state index in [1.54, 1.807) is 14.1 Å². The summed E-state index contributed by atoms with van der Waals surface area (Å²) in [5.41, 5.74) is 5.12. The lowest BCUT2D eigenvalue weighted by molar-refractivity contribution is -0.127. The van der Waals surface area contributed by atoms with Crippen LogP contribution in [0.25, 0.3) is 0 Å². The maximum atomic E-state index is 10.7. The zero-order valence-corrected chi connectivity index (χ0v) is 6.36. The molecule has 0 saturated carbocycles. The van der Waals surface area contributed by atoms with E-state index in [0.717, 1.165) is 0 Å². The third-order valence-corrected chi connectivity index (χ3v) is 0.969. The van der Waals surface area contributed by atoms with Crippen molar-refractivity contribution in [2.75, 3.05) is 14.1 Å². The van der Waals surface area contributed by atoms with Crippen molar-refractivity contribution in [3.8, 4) is 0 Å². The topological polar surface area (TPSA) is 46.3 Å². The minimum absolute atomic E-state index is 0.0532. The summed E-state index contributed by atoms with van der Waals surface area (Å²) in [5, 5.41) is 0. The molecule has 1 amide bonds. The Balaban J connectivity index is 3.64. The number of nitrogens with two attached hydrogens (primary N) is 1. The predicted octanol–water partition coefficient (Wildman–Crippen LogP) is -0.249. The van der Waals surface area contributed by atoms with Crippen molar-refractivity contribution in [1.82, 2.24) is 4.90 Å². The first-order valence-corrected chi connectivity index (χ1v) is 2.93. The molecule has 2 N–H and O–H groups in total. The highest BCUT2D eigenvalue weighted by Gasteiger charge is 2.03. The van der Waals surface area contributed by atoms with Gasteiger partial charge in [-0.05, 0) is 0 Å². The molecule has 0 atom stereocenters. The van der Waals surface area contributed by atoms with E-state index in [2.05, 4.69) is 12.2 Å². The molecule has 0 fully saturated rings. The molecule has 0 aliphatic heterocycles. The van der Waals surface area contributed by atoms with E-state index in [1.807, 2.05) is 0 Å². The maximum absolute atomic E-state index is 10.7. The molecule has 0 aliphatic carbocycles. The molecular weight excluding hydrogens is 136 g/mol. The lowest BCUT2D eigenvalue weighted by Crippen LogP contribution is -2.26. The van der Waals surface area contributed by atoms with Crippen LogP contribution in [0.15, 0.2) is 0 Å². The Morgan fingerprint density at radius 3 is 2.22 bits per heavy atom. The summed E-state index contributed by atoms with van der Waals surface area (Å²) in [6.45, 7) is 0. The van der Waals surface area contributed by atoms with Crippen molar-refractivity contribution in [3.63, 3.8) is 0 Å². The Labute approximate surface area is 59.8 Å². The van der Waals surface area contributed by atoms with E-state index < -0.39 is 0 Å². The molecule has 4 heteroatoms. The smallest absolute Gasteiger partial charge is 0.228 e.